The summed E-state index contributed by atoms with van der Waals surface area (Å²) >= 11 is 0. The summed E-state index contributed by atoms with van der Waals surface area (Å²) in [5.41, 5.74) is 7.55. The lowest BCUT2D eigenvalue weighted by molar-refractivity contribution is -0.119. The summed E-state index contributed by atoms with van der Waals surface area (Å²) in [4.78, 5) is 29.8. The van der Waals surface area contributed by atoms with Gasteiger partial charge in [0.15, 0.2) is 0 Å². The lowest BCUT2D eigenvalue weighted by atomic mass is 10.0. The van der Waals surface area contributed by atoms with Crippen LogP contribution in [0, 0.1) is 5.82 Å². The highest BCUT2D eigenvalue weighted by Crippen LogP contribution is 2.26. The number of rotatable bonds is 5. The number of aromatic nitrogens is 1. The Morgan fingerprint density at radius 3 is 2.03 bits per heavy atom. The predicted octanol–water partition coefficient (Wildman–Crippen LogP) is 3.35. The highest BCUT2D eigenvalue weighted by atomic mass is 19.1. The fraction of sp³-hybridized carbons (Fsp3) is 0.0870. The van der Waals surface area contributed by atoms with Crippen LogP contribution < -0.4 is 11.1 Å². The molecule has 0 saturated heterocycles. The van der Waals surface area contributed by atoms with E-state index in [1.54, 1.807) is 30.3 Å². The Morgan fingerprint density at radius 1 is 0.897 bits per heavy atom. The molecule has 0 aliphatic rings. The van der Waals surface area contributed by atoms with Crippen molar-refractivity contribution in [2.75, 3.05) is 0 Å². The fourth-order valence-electron chi connectivity index (χ4n) is 3.42. The van der Waals surface area contributed by atoms with E-state index in [2.05, 4.69) is 10.3 Å². The average Bonchev–Trinajstić information content (AvgIpc) is 2.72. The quantitative estimate of drug-likeness (QED) is 0.515. The first kappa shape index (κ1) is 18.6. The van der Waals surface area contributed by atoms with Gasteiger partial charge in [-0.3, -0.25) is 9.59 Å². The molecule has 0 spiro atoms. The Kier molecular flexibility index (Phi) is 4.91. The number of para-hydroxylation sites is 2. The standard InChI is InChI=1S/C23H18FN3O2/c24-17-10-4-1-7-14(17)13-20(22(25)28)27-23(29)21-15-8-2-5-11-18(15)26-19-12-6-3-9-16(19)21/h1-12,20H,13H2,(H2,25,28)(H,27,29)/t20-/m1/s1. The molecule has 0 saturated carbocycles. The van der Waals surface area contributed by atoms with Gasteiger partial charge in [0.05, 0.1) is 16.6 Å². The van der Waals surface area contributed by atoms with Gasteiger partial charge in [-0.05, 0) is 23.8 Å². The van der Waals surface area contributed by atoms with E-state index in [9.17, 15) is 14.0 Å². The number of nitrogens with one attached hydrogen (secondary N) is 1. The van der Waals surface area contributed by atoms with Crippen LogP contribution in [0.5, 0.6) is 0 Å². The summed E-state index contributed by atoms with van der Waals surface area (Å²) in [5.74, 6) is -1.64. The molecular formula is C23H18FN3O2. The molecule has 3 aromatic carbocycles. The largest absolute Gasteiger partial charge is 0.368 e. The van der Waals surface area contributed by atoms with E-state index in [1.165, 1.54) is 6.07 Å². The van der Waals surface area contributed by atoms with Gasteiger partial charge >= 0.3 is 0 Å². The number of hydrogen-bond donors (Lipinski definition) is 2. The maximum absolute atomic E-state index is 14.0. The van der Waals surface area contributed by atoms with E-state index in [0.29, 0.717) is 32.9 Å². The van der Waals surface area contributed by atoms with Crippen LogP contribution in [0.4, 0.5) is 4.39 Å². The van der Waals surface area contributed by atoms with Crippen molar-refractivity contribution in [2.24, 2.45) is 5.73 Å². The van der Waals surface area contributed by atoms with Gasteiger partial charge in [-0.15, -0.1) is 0 Å². The van der Waals surface area contributed by atoms with Crippen LogP contribution in [0.3, 0.4) is 0 Å². The third kappa shape index (κ3) is 3.65. The normalized spacial score (nSPS) is 12.0. The smallest absolute Gasteiger partial charge is 0.253 e. The second kappa shape index (κ2) is 7.67. The SMILES string of the molecule is NC(=O)[C@@H](Cc1ccccc1F)NC(=O)c1c2ccccc2nc2ccccc12. The van der Waals surface area contributed by atoms with Crippen LogP contribution in [-0.2, 0) is 11.2 Å². The van der Waals surface area contributed by atoms with Crippen molar-refractivity contribution >= 4 is 33.6 Å². The molecular weight excluding hydrogens is 369 g/mol. The molecule has 4 rings (SSSR count). The van der Waals surface area contributed by atoms with Crippen molar-refractivity contribution in [3.63, 3.8) is 0 Å². The first-order chi connectivity index (χ1) is 14.0. The van der Waals surface area contributed by atoms with Crippen molar-refractivity contribution in [1.82, 2.24) is 10.3 Å². The van der Waals surface area contributed by atoms with Gasteiger partial charge in [0.2, 0.25) is 5.91 Å². The van der Waals surface area contributed by atoms with Gasteiger partial charge < -0.3 is 11.1 Å². The van der Waals surface area contributed by atoms with Gasteiger partial charge in [0.25, 0.3) is 5.91 Å². The summed E-state index contributed by atoms with van der Waals surface area (Å²) in [6, 6.07) is 19.6. The Balaban J connectivity index is 1.75. The Bertz CT molecular complexity index is 1190. The minimum Gasteiger partial charge on any atom is -0.368 e. The lowest BCUT2D eigenvalue weighted by Crippen LogP contribution is -2.46. The maximum Gasteiger partial charge on any atom is 0.253 e. The van der Waals surface area contributed by atoms with E-state index >= 15 is 0 Å². The highest BCUT2D eigenvalue weighted by molar-refractivity contribution is 6.16. The van der Waals surface area contributed by atoms with E-state index < -0.39 is 23.7 Å². The van der Waals surface area contributed by atoms with Gasteiger partial charge in [-0.2, -0.15) is 0 Å². The summed E-state index contributed by atoms with van der Waals surface area (Å²) in [5, 5.41) is 4.01. The molecule has 0 unspecified atom stereocenters. The number of fused-ring (bicyclic) bond motifs is 2. The predicted molar refractivity (Wildman–Crippen MR) is 110 cm³/mol. The molecule has 144 valence electrons. The van der Waals surface area contributed by atoms with Crippen molar-refractivity contribution in [3.8, 4) is 0 Å². The molecule has 1 aromatic heterocycles. The second-order valence-electron chi connectivity index (χ2n) is 6.75. The molecule has 6 heteroatoms. The zero-order valence-electron chi connectivity index (χ0n) is 15.4. The second-order valence-corrected chi connectivity index (χ2v) is 6.75. The van der Waals surface area contributed by atoms with Crippen LogP contribution in [-0.4, -0.2) is 22.8 Å². The monoisotopic (exact) mass is 387 g/mol. The number of carbonyl (C=O) groups excluding carboxylic acids is 2. The molecule has 29 heavy (non-hydrogen) atoms. The molecule has 3 N–H and O–H groups in total. The van der Waals surface area contributed by atoms with Crippen molar-refractivity contribution < 1.29 is 14.0 Å². The molecule has 0 fully saturated rings. The molecule has 0 bridgehead atoms. The number of carbonyl (C=O) groups is 2. The Morgan fingerprint density at radius 2 is 1.45 bits per heavy atom. The van der Waals surface area contributed by atoms with Crippen LogP contribution in [0.15, 0.2) is 72.8 Å². The molecule has 1 heterocycles. The van der Waals surface area contributed by atoms with Crippen LogP contribution in [0.25, 0.3) is 21.8 Å². The summed E-state index contributed by atoms with van der Waals surface area (Å²) < 4.78 is 14.0. The number of nitrogens with zero attached hydrogens (tertiary/aromatic N) is 1. The van der Waals surface area contributed by atoms with Crippen LogP contribution in [0.2, 0.25) is 0 Å². The van der Waals surface area contributed by atoms with E-state index in [0.717, 1.165) is 0 Å². The zero-order valence-corrected chi connectivity index (χ0v) is 15.4. The van der Waals surface area contributed by atoms with Gasteiger partial charge in [0, 0.05) is 17.2 Å². The molecule has 4 aromatic rings. The minimum atomic E-state index is -1.05. The van der Waals surface area contributed by atoms with Crippen molar-refractivity contribution in [3.05, 3.63) is 89.7 Å². The number of amides is 2. The van der Waals surface area contributed by atoms with Crippen molar-refractivity contribution in [2.45, 2.75) is 12.5 Å². The lowest BCUT2D eigenvalue weighted by Gasteiger charge is -2.18. The Labute approximate surface area is 166 Å². The number of benzene rings is 3. The topological polar surface area (TPSA) is 85.1 Å². The number of pyridine rings is 1. The Hall–Kier alpha value is -3.80. The molecule has 2 amide bonds. The molecule has 0 aliphatic carbocycles. The third-order valence-corrected chi connectivity index (χ3v) is 4.85. The minimum absolute atomic E-state index is 0.0330. The van der Waals surface area contributed by atoms with Gasteiger partial charge in [-0.25, -0.2) is 9.37 Å². The molecule has 0 aliphatic heterocycles. The van der Waals surface area contributed by atoms with Gasteiger partial charge in [0.1, 0.15) is 11.9 Å². The number of halogens is 1. The average molecular weight is 387 g/mol. The van der Waals surface area contributed by atoms with E-state index in [4.69, 9.17) is 5.73 Å². The highest BCUT2D eigenvalue weighted by Gasteiger charge is 2.23. The number of nitrogens with two attached hydrogens (primary N) is 1. The van der Waals surface area contributed by atoms with Crippen LogP contribution in [0.1, 0.15) is 15.9 Å². The van der Waals surface area contributed by atoms with E-state index in [-0.39, 0.29) is 6.42 Å². The summed E-state index contributed by atoms with van der Waals surface area (Å²) in [7, 11) is 0. The van der Waals surface area contributed by atoms with E-state index in [1.807, 2.05) is 36.4 Å². The molecule has 0 radical (unpaired) electrons. The molecule has 1 atom stereocenters. The maximum atomic E-state index is 14.0. The number of primary amides is 1. The molecule has 5 nitrogen and oxygen atoms in total. The fourth-order valence-corrected chi connectivity index (χ4v) is 3.42. The first-order valence-corrected chi connectivity index (χ1v) is 9.15. The summed E-state index contributed by atoms with van der Waals surface area (Å²) in [6.07, 6.45) is -0.0330. The summed E-state index contributed by atoms with van der Waals surface area (Å²) in [6.45, 7) is 0. The van der Waals surface area contributed by atoms with Crippen LogP contribution >= 0.6 is 0 Å². The third-order valence-electron chi connectivity index (χ3n) is 4.85. The zero-order chi connectivity index (χ0) is 20.4. The van der Waals surface area contributed by atoms with Crippen molar-refractivity contribution in [1.29, 1.82) is 0 Å². The first-order valence-electron chi connectivity index (χ1n) is 9.15. The van der Waals surface area contributed by atoms with Gasteiger partial charge in [-0.1, -0.05) is 54.6 Å². The number of hydrogen-bond acceptors (Lipinski definition) is 3.